The summed E-state index contributed by atoms with van der Waals surface area (Å²) in [5, 5.41) is 9.96. The number of aliphatic hydroxyl groups excluding tert-OH is 1. The van der Waals surface area contributed by atoms with E-state index in [0.717, 1.165) is 17.5 Å². The zero-order valence-corrected chi connectivity index (χ0v) is 11.5. The van der Waals surface area contributed by atoms with E-state index in [-0.39, 0.29) is 12.5 Å². The normalized spacial score (nSPS) is 12.4. The Bertz CT molecular complexity index is 391. The van der Waals surface area contributed by atoms with Crippen molar-refractivity contribution in [3.8, 4) is 11.5 Å². The van der Waals surface area contributed by atoms with Crippen LogP contribution in [-0.2, 0) is 6.42 Å². The first kappa shape index (κ1) is 14.1. The maximum absolute atomic E-state index is 9.30. The molecule has 0 radical (unpaired) electrons. The predicted octanol–water partition coefficient (Wildman–Crippen LogP) is 3.02. The Hall–Kier alpha value is -0.930. The first-order chi connectivity index (χ1) is 8.10. The third-order valence-electron chi connectivity index (χ3n) is 2.86. The number of aliphatic hydroxyl groups is 1. The van der Waals surface area contributed by atoms with Crippen molar-refractivity contribution >= 4 is 11.6 Å². The van der Waals surface area contributed by atoms with Gasteiger partial charge in [0, 0.05) is 18.1 Å². The van der Waals surface area contributed by atoms with Gasteiger partial charge in [-0.05, 0) is 18.1 Å². The molecule has 0 aliphatic carbocycles. The van der Waals surface area contributed by atoms with Crippen molar-refractivity contribution in [3.63, 3.8) is 0 Å². The van der Waals surface area contributed by atoms with Gasteiger partial charge in [0.1, 0.15) is 0 Å². The highest BCUT2D eigenvalue weighted by molar-refractivity contribution is 6.32. The molecular weight excluding hydrogens is 240 g/mol. The van der Waals surface area contributed by atoms with Crippen LogP contribution >= 0.6 is 11.6 Å². The second kappa shape index (κ2) is 6.12. The minimum Gasteiger partial charge on any atom is -0.493 e. The number of hydrogen-bond acceptors (Lipinski definition) is 3. The Kier molecular flexibility index (Phi) is 5.09. The molecular formula is C13H19ClO3. The summed E-state index contributed by atoms with van der Waals surface area (Å²) in [6.45, 7) is 3.95. The lowest BCUT2D eigenvalue weighted by molar-refractivity contribution is 0.268. The zero-order valence-electron chi connectivity index (χ0n) is 10.7. The summed E-state index contributed by atoms with van der Waals surface area (Å²) < 4.78 is 10.7. The second-order valence-corrected chi connectivity index (χ2v) is 4.31. The summed E-state index contributed by atoms with van der Waals surface area (Å²) >= 11 is 6.35. The molecule has 0 aliphatic heterocycles. The Morgan fingerprint density at radius 3 is 2.41 bits per heavy atom. The highest BCUT2D eigenvalue weighted by Crippen LogP contribution is 2.42. The minimum absolute atomic E-state index is 0.0202. The van der Waals surface area contributed by atoms with E-state index < -0.39 is 0 Å². The van der Waals surface area contributed by atoms with E-state index in [1.54, 1.807) is 14.2 Å². The van der Waals surface area contributed by atoms with E-state index in [2.05, 4.69) is 0 Å². The predicted molar refractivity (Wildman–Crippen MR) is 69.4 cm³/mol. The molecule has 0 amide bonds. The lowest BCUT2D eigenvalue weighted by atomic mass is 9.96. The summed E-state index contributed by atoms with van der Waals surface area (Å²) in [4.78, 5) is 0. The number of halogens is 1. The van der Waals surface area contributed by atoms with Crippen molar-refractivity contribution in [1.82, 2.24) is 0 Å². The molecule has 1 aromatic carbocycles. The van der Waals surface area contributed by atoms with Crippen molar-refractivity contribution in [2.45, 2.75) is 26.2 Å². The standard InChI is InChI=1S/C13H19ClO3/c1-5-9-6-10(16-3)13(17-4)11(12(9)14)8(2)7-15/h6,8,15H,5,7H2,1-4H3. The molecule has 0 saturated heterocycles. The molecule has 1 N–H and O–H groups in total. The zero-order chi connectivity index (χ0) is 13.0. The van der Waals surface area contributed by atoms with Crippen molar-refractivity contribution in [2.24, 2.45) is 0 Å². The fourth-order valence-corrected chi connectivity index (χ4v) is 2.30. The molecule has 1 rings (SSSR count). The van der Waals surface area contributed by atoms with Gasteiger partial charge in [-0.1, -0.05) is 25.4 Å². The van der Waals surface area contributed by atoms with E-state index in [9.17, 15) is 5.11 Å². The Labute approximate surface area is 107 Å². The van der Waals surface area contributed by atoms with Crippen LogP contribution in [0.5, 0.6) is 11.5 Å². The average molecular weight is 259 g/mol. The first-order valence-corrected chi connectivity index (χ1v) is 6.02. The van der Waals surface area contributed by atoms with E-state index in [1.165, 1.54) is 0 Å². The lowest BCUT2D eigenvalue weighted by Gasteiger charge is -2.20. The number of ether oxygens (including phenoxy) is 2. The van der Waals surface area contributed by atoms with Crippen LogP contribution < -0.4 is 9.47 Å². The fraction of sp³-hybridized carbons (Fsp3) is 0.538. The Morgan fingerprint density at radius 2 is 2.00 bits per heavy atom. The van der Waals surface area contributed by atoms with Crippen molar-refractivity contribution < 1.29 is 14.6 Å². The van der Waals surface area contributed by atoms with E-state index in [0.29, 0.717) is 16.5 Å². The molecule has 1 aromatic rings. The summed E-state index contributed by atoms with van der Waals surface area (Å²) in [5.41, 5.74) is 1.81. The van der Waals surface area contributed by atoms with Crippen LogP contribution in [0, 0.1) is 0 Å². The second-order valence-electron chi connectivity index (χ2n) is 3.94. The van der Waals surface area contributed by atoms with Gasteiger partial charge in [-0.15, -0.1) is 0 Å². The SMILES string of the molecule is CCc1cc(OC)c(OC)c(C(C)CO)c1Cl. The largest absolute Gasteiger partial charge is 0.493 e. The number of benzene rings is 1. The molecule has 0 aliphatic rings. The summed E-state index contributed by atoms with van der Waals surface area (Å²) in [5.74, 6) is 1.18. The molecule has 1 unspecified atom stereocenters. The molecule has 0 aromatic heterocycles. The first-order valence-electron chi connectivity index (χ1n) is 5.64. The molecule has 0 saturated carbocycles. The quantitative estimate of drug-likeness (QED) is 0.882. The summed E-state index contributed by atoms with van der Waals surface area (Å²) in [6.07, 6.45) is 0.810. The molecule has 1 atom stereocenters. The van der Waals surface area contributed by atoms with Crippen LogP contribution in [0.4, 0.5) is 0 Å². The van der Waals surface area contributed by atoms with Crippen LogP contribution in [0.2, 0.25) is 5.02 Å². The molecule has 17 heavy (non-hydrogen) atoms. The van der Waals surface area contributed by atoms with Gasteiger partial charge in [0.15, 0.2) is 11.5 Å². The average Bonchev–Trinajstić information content (AvgIpc) is 2.36. The number of hydrogen-bond donors (Lipinski definition) is 1. The third kappa shape index (κ3) is 2.67. The van der Waals surface area contributed by atoms with Gasteiger partial charge in [-0.2, -0.15) is 0 Å². The van der Waals surface area contributed by atoms with E-state index >= 15 is 0 Å². The van der Waals surface area contributed by atoms with Crippen molar-refractivity contribution in [3.05, 3.63) is 22.2 Å². The third-order valence-corrected chi connectivity index (χ3v) is 3.31. The number of methoxy groups -OCH3 is 2. The molecule has 4 heteroatoms. The summed E-state index contributed by atoms with van der Waals surface area (Å²) in [7, 11) is 3.17. The fourth-order valence-electron chi connectivity index (χ4n) is 1.84. The molecule has 0 heterocycles. The van der Waals surface area contributed by atoms with Crippen molar-refractivity contribution in [2.75, 3.05) is 20.8 Å². The van der Waals surface area contributed by atoms with Crippen LogP contribution in [0.15, 0.2) is 6.07 Å². The topological polar surface area (TPSA) is 38.7 Å². The highest BCUT2D eigenvalue weighted by Gasteiger charge is 2.21. The van der Waals surface area contributed by atoms with Gasteiger partial charge >= 0.3 is 0 Å². The molecule has 0 spiro atoms. The Morgan fingerprint density at radius 1 is 1.35 bits per heavy atom. The van der Waals surface area contributed by atoms with Gasteiger partial charge in [0.05, 0.1) is 19.2 Å². The monoisotopic (exact) mass is 258 g/mol. The van der Waals surface area contributed by atoms with Gasteiger partial charge in [-0.25, -0.2) is 0 Å². The van der Waals surface area contributed by atoms with Gasteiger partial charge < -0.3 is 14.6 Å². The molecule has 0 bridgehead atoms. The number of rotatable bonds is 5. The molecule has 3 nitrogen and oxygen atoms in total. The highest BCUT2D eigenvalue weighted by atomic mass is 35.5. The lowest BCUT2D eigenvalue weighted by Crippen LogP contribution is -2.06. The van der Waals surface area contributed by atoms with E-state index in [1.807, 2.05) is 19.9 Å². The Balaban J connectivity index is 3.49. The van der Waals surface area contributed by atoms with Crippen molar-refractivity contribution in [1.29, 1.82) is 0 Å². The van der Waals surface area contributed by atoms with Gasteiger partial charge in [0.2, 0.25) is 0 Å². The minimum atomic E-state index is -0.0853. The van der Waals surface area contributed by atoms with Crippen LogP contribution in [-0.4, -0.2) is 25.9 Å². The van der Waals surface area contributed by atoms with Gasteiger partial charge in [0.25, 0.3) is 0 Å². The van der Waals surface area contributed by atoms with Crippen LogP contribution in [0.3, 0.4) is 0 Å². The van der Waals surface area contributed by atoms with Crippen LogP contribution in [0.25, 0.3) is 0 Å². The van der Waals surface area contributed by atoms with E-state index in [4.69, 9.17) is 21.1 Å². The van der Waals surface area contributed by atoms with Gasteiger partial charge in [-0.3, -0.25) is 0 Å². The maximum Gasteiger partial charge on any atom is 0.165 e. The smallest absolute Gasteiger partial charge is 0.165 e. The summed E-state index contributed by atoms with van der Waals surface area (Å²) in [6, 6.07) is 1.88. The number of aryl methyl sites for hydroxylation is 1. The maximum atomic E-state index is 9.30. The van der Waals surface area contributed by atoms with Crippen LogP contribution in [0.1, 0.15) is 30.9 Å². The molecule has 0 fully saturated rings. The molecule has 96 valence electrons.